The van der Waals surface area contributed by atoms with Crippen LogP contribution in [0.5, 0.6) is 5.75 Å². The van der Waals surface area contributed by atoms with Crippen LogP contribution < -0.4 is 11.1 Å². The van der Waals surface area contributed by atoms with Gasteiger partial charge in [-0.2, -0.15) is 0 Å². The number of nitrogen functional groups attached to an aromatic ring is 1. The van der Waals surface area contributed by atoms with Gasteiger partial charge in [0.1, 0.15) is 17.1 Å². The summed E-state index contributed by atoms with van der Waals surface area (Å²) in [4.78, 5) is 11.8. The molecule has 0 bridgehead atoms. The van der Waals surface area contributed by atoms with E-state index in [4.69, 9.17) is 5.73 Å². The van der Waals surface area contributed by atoms with Gasteiger partial charge in [-0.05, 0) is 23.8 Å². The molecule has 0 saturated carbocycles. The molecule has 0 heterocycles. The van der Waals surface area contributed by atoms with Gasteiger partial charge < -0.3 is 16.2 Å². The molecule has 4 nitrogen and oxygen atoms in total. The van der Waals surface area contributed by atoms with E-state index < -0.39 is 17.5 Å². The number of benzene rings is 2. The Morgan fingerprint density at radius 3 is 2.63 bits per heavy atom. The quantitative estimate of drug-likeness (QED) is 0.739. The molecular weight excluding hydrogens is 247 g/mol. The Hall–Kier alpha value is -2.56. The molecule has 1 amide bonds. The number of phenols is 1. The fourth-order valence-corrected chi connectivity index (χ4v) is 1.70. The summed E-state index contributed by atoms with van der Waals surface area (Å²) in [6.45, 7) is 0.166. The number of phenolic OH excluding ortho intramolecular Hbond substituents is 1. The van der Waals surface area contributed by atoms with Gasteiger partial charge in [-0.3, -0.25) is 4.79 Å². The van der Waals surface area contributed by atoms with Gasteiger partial charge in [0.2, 0.25) is 0 Å². The average Bonchev–Trinajstić information content (AvgIpc) is 2.37. The fraction of sp³-hybridized carbons (Fsp3) is 0.0714. The molecular formula is C14H13FN2O2. The molecule has 19 heavy (non-hydrogen) atoms. The first-order valence-corrected chi connectivity index (χ1v) is 5.68. The highest BCUT2D eigenvalue weighted by Crippen LogP contribution is 2.19. The number of anilines is 1. The molecule has 0 atom stereocenters. The molecule has 0 spiro atoms. The zero-order valence-electron chi connectivity index (χ0n) is 10.1. The number of nitrogens with one attached hydrogen (secondary N) is 1. The van der Waals surface area contributed by atoms with E-state index in [1.165, 1.54) is 12.1 Å². The van der Waals surface area contributed by atoms with Crippen molar-refractivity contribution in [1.82, 2.24) is 5.32 Å². The van der Waals surface area contributed by atoms with Crippen LogP contribution in [-0.4, -0.2) is 11.0 Å². The molecule has 98 valence electrons. The number of carbonyl (C=O) groups is 1. The van der Waals surface area contributed by atoms with Gasteiger partial charge in [0, 0.05) is 12.2 Å². The summed E-state index contributed by atoms with van der Waals surface area (Å²) in [6.07, 6.45) is 0. The van der Waals surface area contributed by atoms with Crippen LogP contribution in [0, 0.1) is 5.82 Å². The van der Waals surface area contributed by atoms with E-state index in [1.54, 1.807) is 24.3 Å². The molecule has 0 saturated heterocycles. The highest BCUT2D eigenvalue weighted by atomic mass is 19.1. The lowest BCUT2D eigenvalue weighted by Crippen LogP contribution is -2.24. The van der Waals surface area contributed by atoms with Gasteiger partial charge in [-0.1, -0.05) is 24.3 Å². The zero-order valence-corrected chi connectivity index (χ0v) is 10.1. The molecule has 4 N–H and O–H groups in total. The monoisotopic (exact) mass is 260 g/mol. The standard InChI is InChI=1S/C14H13FN2O2/c15-10-5-3-7-12(18)13(10)14(19)17-8-9-4-1-2-6-11(9)16/h1-7,18H,8,16H2,(H,17,19). The second-order valence-corrected chi connectivity index (χ2v) is 4.02. The lowest BCUT2D eigenvalue weighted by atomic mass is 10.1. The average molecular weight is 260 g/mol. The smallest absolute Gasteiger partial charge is 0.258 e. The molecule has 0 aliphatic heterocycles. The molecule has 2 aromatic carbocycles. The van der Waals surface area contributed by atoms with E-state index in [0.29, 0.717) is 5.69 Å². The van der Waals surface area contributed by atoms with E-state index in [1.807, 2.05) is 0 Å². The van der Waals surface area contributed by atoms with E-state index in [2.05, 4.69) is 5.32 Å². The van der Waals surface area contributed by atoms with Gasteiger partial charge in [0.05, 0.1) is 0 Å². The Balaban J connectivity index is 2.13. The zero-order chi connectivity index (χ0) is 13.8. The number of hydrogen-bond acceptors (Lipinski definition) is 3. The van der Waals surface area contributed by atoms with Crippen LogP contribution in [0.4, 0.5) is 10.1 Å². The van der Waals surface area contributed by atoms with Crippen LogP contribution in [0.1, 0.15) is 15.9 Å². The highest BCUT2D eigenvalue weighted by molar-refractivity contribution is 5.97. The molecule has 0 radical (unpaired) electrons. The summed E-state index contributed by atoms with van der Waals surface area (Å²) in [5.74, 6) is -1.84. The van der Waals surface area contributed by atoms with Crippen LogP contribution in [-0.2, 0) is 6.54 Å². The lowest BCUT2D eigenvalue weighted by molar-refractivity contribution is 0.0944. The van der Waals surface area contributed by atoms with Gasteiger partial charge in [-0.25, -0.2) is 4.39 Å². The Labute approximate surface area is 109 Å². The second-order valence-electron chi connectivity index (χ2n) is 4.02. The maximum absolute atomic E-state index is 13.5. The minimum atomic E-state index is -0.765. The van der Waals surface area contributed by atoms with Crippen LogP contribution >= 0.6 is 0 Å². The Bertz CT molecular complexity index is 594. The third-order valence-corrected chi connectivity index (χ3v) is 2.71. The predicted molar refractivity (Wildman–Crippen MR) is 70.1 cm³/mol. The maximum Gasteiger partial charge on any atom is 0.258 e. The number of hydrogen-bond donors (Lipinski definition) is 3. The van der Waals surface area contributed by atoms with E-state index in [-0.39, 0.29) is 12.1 Å². The topological polar surface area (TPSA) is 75.3 Å². The molecule has 0 unspecified atom stereocenters. The van der Waals surface area contributed by atoms with Crippen molar-refractivity contribution >= 4 is 11.6 Å². The van der Waals surface area contributed by atoms with E-state index >= 15 is 0 Å². The number of rotatable bonds is 3. The van der Waals surface area contributed by atoms with Crippen molar-refractivity contribution in [3.63, 3.8) is 0 Å². The molecule has 0 aromatic heterocycles. The number of aromatic hydroxyl groups is 1. The Morgan fingerprint density at radius 2 is 1.95 bits per heavy atom. The van der Waals surface area contributed by atoms with Crippen LogP contribution in [0.2, 0.25) is 0 Å². The second kappa shape index (κ2) is 5.39. The molecule has 2 aromatic rings. The van der Waals surface area contributed by atoms with E-state index in [0.717, 1.165) is 11.6 Å². The van der Waals surface area contributed by atoms with Gasteiger partial charge >= 0.3 is 0 Å². The van der Waals surface area contributed by atoms with Gasteiger partial charge in [0.25, 0.3) is 5.91 Å². The number of nitrogens with two attached hydrogens (primary N) is 1. The Kier molecular flexibility index (Phi) is 3.66. The minimum absolute atomic E-state index is 0.166. The first kappa shape index (κ1) is 12.9. The van der Waals surface area contributed by atoms with E-state index in [9.17, 15) is 14.3 Å². The maximum atomic E-state index is 13.5. The normalized spacial score (nSPS) is 10.2. The predicted octanol–water partition coefficient (Wildman–Crippen LogP) is 2.04. The molecule has 5 heteroatoms. The third kappa shape index (κ3) is 2.82. The van der Waals surface area contributed by atoms with Gasteiger partial charge in [0.15, 0.2) is 0 Å². The Morgan fingerprint density at radius 1 is 1.21 bits per heavy atom. The van der Waals surface area contributed by atoms with Crippen molar-refractivity contribution in [2.45, 2.75) is 6.54 Å². The number of halogens is 1. The largest absolute Gasteiger partial charge is 0.507 e. The fourth-order valence-electron chi connectivity index (χ4n) is 1.70. The molecule has 0 fully saturated rings. The van der Waals surface area contributed by atoms with Crippen molar-refractivity contribution in [3.8, 4) is 5.75 Å². The minimum Gasteiger partial charge on any atom is -0.507 e. The summed E-state index contributed by atoms with van der Waals surface area (Å²) in [5, 5.41) is 12.0. The SMILES string of the molecule is Nc1ccccc1CNC(=O)c1c(O)cccc1F. The lowest BCUT2D eigenvalue weighted by Gasteiger charge is -2.09. The van der Waals surface area contributed by atoms with Crippen molar-refractivity contribution in [2.24, 2.45) is 0 Å². The summed E-state index contributed by atoms with van der Waals surface area (Å²) < 4.78 is 13.5. The van der Waals surface area contributed by atoms with Crippen molar-refractivity contribution in [1.29, 1.82) is 0 Å². The third-order valence-electron chi connectivity index (χ3n) is 2.71. The molecule has 2 rings (SSSR count). The van der Waals surface area contributed by atoms with Crippen LogP contribution in [0.25, 0.3) is 0 Å². The first-order chi connectivity index (χ1) is 9.09. The van der Waals surface area contributed by atoms with Gasteiger partial charge in [-0.15, -0.1) is 0 Å². The van der Waals surface area contributed by atoms with Crippen molar-refractivity contribution < 1.29 is 14.3 Å². The molecule has 0 aliphatic rings. The molecule has 0 aliphatic carbocycles. The summed E-state index contributed by atoms with van der Waals surface area (Å²) in [6, 6.07) is 10.7. The summed E-state index contributed by atoms with van der Waals surface area (Å²) in [7, 11) is 0. The number of para-hydroxylation sites is 1. The van der Waals surface area contributed by atoms with Crippen molar-refractivity contribution in [3.05, 3.63) is 59.4 Å². The van der Waals surface area contributed by atoms with Crippen LogP contribution in [0.15, 0.2) is 42.5 Å². The summed E-state index contributed by atoms with van der Waals surface area (Å²) in [5.41, 5.74) is 6.64. The van der Waals surface area contributed by atoms with Crippen LogP contribution in [0.3, 0.4) is 0 Å². The number of amides is 1. The highest BCUT2D eigenvalue weighted by Gasteiger charge is 2.16. The summed E-state index contributed by atoms with van der Waals surface area (Å²) >= 11 is 0. The van der Waals surface area contributed by atoms with Crippen molar-refractivity contribution in [2.75, 3.05) is 5.73 Å². The first-order valence-electron chi connectivity index (χ1n) is 5.68. The number of carbonyl (C=O) groups excluding carboxylic acids is 1.